The monoisotopic (exact) mass is 193 g/mol. The van der Waals surface area contributed by atoms with Crippen LogP contribution < -0.4 is 5.32 Å². The van der Waals surface area contributed by atoms with Crippen LogP contribution in [0.4, 0.5) is 0 Å². The standard InChI is InChI=1S/C11H15NO2/c1-14-11(13)10-9-7-3-2-6(4-7)8(9)5-12-10/h2-3,6-10,12H,4-5H2,1H3/t6-,7+,8-,9+,10+/m1/s1. The van der Waals surface area contributed by atoms with Crippen LogP contribution in [0, 0.1) is 23.7 Å². The number of ether oxygens (including phenoxy) is 1. The predicted molar refractivity (Wildman–Crippen MR) is 51.5 cm³/mol. The minimum absolute atomic E-state index is 0.0510. The zero-order chi connectivity index (χ0) is 9.71. The lowest BCUT2D eigenvalue weighted by atomic mass is 9.82. The van der Waals surface area contributed by atoms with E-state index >= 15 is 0 Å². The van der Waals surface area contributed by atoms with Crippen LogP contribution in [0.15, 0.2) is 12.2 Å². The molecule has 3 nitrogen and oxygen atoms in total. The molecule has 0 amide bonds. The molecule has 0 aromatic rings. The van der Waals surface area contributed by atoms with Gasteiger partial charge in [-0.05, 0) is 36.6 Å². The average molecular weight is 193 g/mol. The Bertz CT molecular complexity index is 300. The van der Waals surface area contributed by atoms with Crippen molar-refractivity contribution in [1.82, 2.24) is 5.32 Å². The van der Waals surface area contributed by atoms with Gasteiger partial charge in [0.25, 0.3) is 0 Å². The summed E-state index contributed by atoms with van der Waals surface area (Å²) >= 11 is 0. The minimum Gasteiger partial charge on any atom is -0.468 e. The van der Waals surface area contributed by atoms with Gasteiger partial charge in [0.15, 0.2) is 0 Å². The maximum Gasteiger partial charge on any atom is 0.323 e. The van der Waals surface area contributed by atoms with Crippen LogP contribution in [0.3, 0.4) is 0 Å². The largest absolute Gasteiger partial charge is 0.468 e. The average Bonchev–Trinajstić information content (AvgIpc) is 2.87. The van der Waals surface area contributed by atoms with Crippen LogP contribution in [0.1, 0.15) is 6.42 Å². The Morgan fingerprint density at radius 2 is 2.21 bits per heavy atom. The van der Waals surface area contributed by atoms with Gasteiger partial charge in [-0.3, -0.25) is 4.79 Å². The van der Waals surface area contributed by atoms with Crippen LogP contribution in [0.2, 0.25) is 0 Å². The molecular formula is C11H15NO2. The summed E-state index contributed by atoms with van der Waals surface area (Å²) in [5, 5.41) is 3.30. The first-order valence-electron chi connectivity index (χ1n) is 5.31. The second-order valence-electron chi connectivity index (χ2n) is 4.60. The molecule has 1 aliphatic heterocycles. The van der Waals surface area contributed by atoms with Crippen molar-refractivity contribution in [2.75, 3.05) is 13.7 Å². The van der Waals surface area contributed by atoms with E-state index in [9.17, 15) is 4.79 Å². The van der Waals surface area contributed by atoms with E-state index in [0.717, 1.165) is 6.54 Å². The van der Waals surface area contributed by atoms with Crippen LogP contribution >= 0.6 is 0 Å². The summed E-state index contributed by atoms with van der Waals surface area (Å²) in [6, 6.07) is -0.0510. The molecule has 1 heterocycles. The molecule has 1 saturated carbocycles. The third kappa shape index (κ3) is 0.934. The lowest BCUT2D eigenvalue weighted by Gasteiger charge is -2.23. The van der Waals surface area contributed by atoms with Crippen molar-refractivity contribution < 1.29 is 9.53 Å². The fourth-order valence-electron chi connectivity index (χ4n) is 3.51. The summed E-state index contributed by atoms with van der Waals surface area (Å²) in [6.45, 7) is 0.982. The minimum atomic E-state index is -0.0848. The number of fused-ring (bicyclic) bond motifs is 5. The van der Waals surface area contributed by atoms with E-state index in [-0.39, 0.29) is 12.0 Å². The molecule has 0 unspecified atom stereocenters. The van der Waals surface area contributed by atoms with Crippen molar-refractivity contribution in [2.45, 2.75) is 12.5 Å². The number of esters is 1. The predicted octanol–water partition coefficient (Wildman–Crippen LogP) is 0.569. The maximum atomic E-state index is 11.5. The van der Waals surface area contributed by atoms with Gasteiger partial charge >= 0.3 is 5.97 Å². The first-order chi connectivity index (χ1) is 6.81. The fourth-order valence-corrected chi connectivity index (χ4v) is 3.51. The smallest absolute Gasteiger partial charge is 0.323 e. The molecule has 0 aromatic carbocycles. The maximum absolute atomic E-state index is 11.5. The molecule has 3 aliphatic rings. The summed E-state index contributed by atoms with van der Waals surface area (Å²) in [7, 11) is 1.47. The van der Waals surface area contributed by atoms with E-state index < -0.39 is 0 Å². The molecule has 14 heavy (non-hydrogen) atoms. The van der Waals surface area contributed by atoms with Gasteiger partial charge < -0.3 is 10.1 Å². The first-order valence-corrected chi connectivity index (χ1v) is 5.31. The highest BCUT2D eigenvalue weighted by Gasteiger charge is 2.53. The summed E-state index contributed by atoms with van der Waals surface area (Å²) in [4.78, 5) is 11.5. The van der Waals surface area contributed by atoms with Gasteiger partial charge in [0.2, 0.25) is 0 Å². The van der Waals surface area contributed by atoms with E-state index in [4.69, 9.17) is 4.74 Å². The Labute approximate surface area is 83.5 Å². The number of methoxy groups -OCH3 is 1. The van der Waals surface area contributed by atoms with Gasteiger partial charge in [0.05, 0.1) is 7.11 Å². The Balaban J connectivity index is 1.85. The third-order valence-electron chi connectivity index (χ3n) is 4.10. The van der Waals surface area contributed by atoms with Crippen molar-refractivity contribution in [3.05, 3.63) is 12.2 Å². The quantitative estimate of drug-likeness (QED) is 0.489. The summed E-state index contributed by atoms with van der Waals surface area (Å²) in [6.07, 6.45) is 5.87. The highest BCUT2D eigenvalue weighted by Crippen LogP contribution is 2.51. The van der Waals surface area contributed by atoms with Crippen LogP contribution in [0.5, 0.6) is 0 Å². The molecular weight excluding hydrogens is 178 g/mol. The summed E-state index contributed by atoms with van der Waals surface area (Å²) in [5.41, 5.74) is 0. The molecule has 1 N–H and O–H groups in total. The molecule has 76 valence electrons. The fraction of sp³-hybridized carbons (Fsp3) is 0.727. The van der Waals surface area contributed by atoms with E-state index in [2.05, 4.69) is 17.5 Å². The Morgan fingerprint density at radius 3 is 3.00 bits per heavy atom. The van der Waals surface area contributed by atoms with Gasteiger partial charge in [0.1, 0.15) is 6.04 Å². The SMILES string of the molecule is COC(=O)[C@H]1NC[C@H]2[C@@H]1[C@H]1C=C[C@@H]2C1. The second kappa shape index (κ2) is 2.83. The molecule has 0 radical (unpaired) electrons. The molecule has 2 fully saturated rings. The number of carbonyl (C=O) groups is 1. The lowest BCUT2D eigenvalue weighted by molar-refractivity contribution is -0.144. The van der Waals surface area contributed by atoms with Gasteiger partial charge in [-0.1, -0.05) is 12.2 Å². The van der Waals surface area contributed by atoms with Crippen molar-refractivity contribution in [3.8, 4) is 0 Å². The van der Waals surface area contributed by atoms with Gasteiger partial charge in [-0.2, -0.15) is 0 Å². The molecule has 0 spiro atoms. The molecule has 0 aromatic heterocycles. The van der Waals surface area contributed by atoms with E-state index in [1.54, 1.807) is 0 Å². The lowest BCUT2D eigenvalue weighted by Crippen LogP contribution is -2.38. The number of rotatable bonds is 1. The number of nitrogens with one attached hydrogen (secondary N) is 1. The highest BCUT2D eigenvalue weighted by atomic mass is 16.5. The summed E-state index contributed by atoms with van der Waals surface area (Å²) in [5.74, 6) is 2.42. The zero-order valence-corrected chi connectivity index (χ0v) is 8.27. The molecule has 2 aliphatic carbocycles. The van der Waals surface area contributed by atoms with Gasteiger partial charge in [-0.15, -0.1) is 0 Å². The van der Waals surface area contributed by atoms with Crippen LogP contribution in [-0.2, 0) is 9.53 Å². The van der Waals surface area contributed by atoms with E-state index in [0.29, 0.717) is 23.7 Å². The van der Waals surface area contributed by atoms with Crippen LogP contribution in [-0.4, -0.2) is 25.7 Å². The Kier molecular flexibility index (Phi) is 1.71. The number of allylic oxidation sites excluding steroid dienone is 2. The number of hydrogen-bond acceptors (Lipinski definition) is 3. The molecule has 3 rings (SSSR count). The number of hydrogen-bond donors (Lipinski definition) is 1. The molecule has 2 bridgehead atoms. The third-order valence-corrected chi connectivity index (χ3v) is 4.10. The topological polar surface area (TPSA) is 38.3 Å². The van der Waals surface area contributed by atoms with E-state index in [1.165, 1.54) is 13.5 Å². The van der Waals surface area contributed by atoms with Crippen LogP contribution in [0.25, 0.3) is 0 Å². The Morgan fingerprint density at radius 1 is 1.43 bits per heavy atom. The van der Waals surface area contributed by atoms with Crippen molar-refractivity contribution in [3.63, 3.8) is 0 Å². The zero-order valence-electron chi connectivity index (χ0n) is 8.27. The van der Waals surface area contributed by atoms with Gasteiger partial charge in [0, 0.05) is 0 Å². The molecule has 5 atom stereocenters. The van der Waals surface area contributed by atoms with Crippen molar-refractivity contribution >= 4 is 5.97 Å². The second-order valence-corrected chi connectivity index (χ2v) is 4.60. The number of carbonyl (C=O) groups excluding carboxylic acids is 1. The van der Waals surface area contributed by atoms with Crippen molar-refractivity contribution in [2.24, 2.45) is 23.7 Å². The summed E-state index contributed by atoms with van der Waals surface area (Å²) < 4.78 is 4.82. The van der Waals surface area contributed by atoms with Crippen molar-refractivity contribution in [1.29, 1.82) is 0 Å². The van der Waals surface area contributed by atoms with Gasteiger partial charge in [-0.25, -0.2) is 0 Å². The normalized spacial score (nSPS) is 48.2. The molecule has 3 heteroatoms. The first kappa shape index (κ1) is 8.48. The highest BCUT2D eigenvalue weighted by molar-refractivity contribution is 5.77. The molecule has 1 saturated heterocycles. The Hall–Kier alpha value is -0.830. The van der Waals surface area contributed by atoms with E-state index in [1.807, 2.05) is 0 Å².